The second-order valence-corrected chi connectivity index (χ2v) is 6.34. The number of hydrogen-bond donors (Lipinski definition) is 2. The molecule has 4 heteroatoms. The first-order chi connectivity index (χ1) is 7.88. The van der Waals surface area contributed by atoms with Gasteiger partial charge in [0.1, 0.15) is 5.60 Å². The Morgan fingerprint density at radius 1 is 1.35 bits per heavy atom. The van der Waals surface area contributed by atoms with Crippen molar-refractivity contribution in [1.29, 1.82) is 0 Å². The first-order valence-electron chi connectivity index (χ1n) is 5.92. The summed E-state index contributed by atoms with van der Waals surface area (Å²) in [4.78, 5) is 11.8. The van der Waals surface area contributed by atoms with E-state index in [9.17, 15) is 9.90 Å². The zero-order valence-electron chi connectivity index (χ0n) is 10.2. The fourth-order valence-corrected chi connectivity index (χ4v) is 3.91. The molecule has 94 valence electrons. The van der Waals surface area contributed by atoms with E-state index in [0.717, 1.165) is 19.3 Å². The molecule has 0 saturated heterocycles. The Bertz CT molecular complexity index is 436. The minimum Gasteiger partial charge on any atom is -0.478 e. The summed E-state index contributed by atoms with van der Waals surface area (Å²) >= 11 is 1.35. The Labute approximate surface area is 105 Å². The van der Waals surface area contributed by atoms with Gasteiger partial charge >= 0.3 is 5.97 Å². The molecule has 0 spiro atoms. The lowest BCUT2D eigenvalue weighted by Crippen LogP contribution is -2.44. The molecule has 0 aliphatic heterocycles. The van der Waals surface area contributed by atoms with Crippen molar-refractivity contribution in [2.75, 3.05) is 0 Å². The molecule has 17 heavy (non-hydrogen) atoms. The molecule has 1 saturated carbocycles. The van der Waals surface area contributed by atoms with E-state index >= 15 is 0 Å². The smallest absolute Gasteiger partial charge is 0.336 e. The van der Waals surface area contributed by atoms with E-state index in [4.69, 9.17) is 5.11 Å². The molecule has 1 atom stereocenters. The topological polar surface area (TPSA) is 57.5 Å². The van der Waals surface area contributed by atoms with E-state index in [1.807, 2.05) is 13.8 Å². The highest BCUT2D eigenvalue weighted by Gasteiger charge is 2.48. The predicted octanol–water partition coefficient (Wildman–Crippen LogP) is 3.23. The molecule has 0 radical (unpaired) electrons. The summed E-state index contributed by atoms with van der Waals surface area (Å²) in [5, 5.41) is 21.9. The summed E-state index contributed by atoms with van der Waals surface area (Å²) in [5.41, 5.74) is -1.000. The fraction of sp³-hybridized carbons (Fsp3) is 0.615. The molecular weight excluding hydrogens is 236 g/mol. The molecule has 1 aromatic rings. The molecule has 1 aliphatic rings. The highest BCUT2D eigenvalue weighted by atomic mass is 32.1. The van der Waals surface area contributed by atoms with Crippen LogP contribution in [0.25, 0.3) is 0 Å². The second-order valence-electron chi connectivity index (χ2n) is 5.42. The largest absolute Gasteiger partial charge is 0.478 e. The summed E-state index contributed by atoms with van der Waals surface area (Å²) in [5.74, 6) is -0.948. The maximum atomic E-state index is 11.2. The molecule has 2 N–H and O–H groups in total. The van der Waals surface area contributed by atoms with E-state index in [-0.39, 0.29) is 11.0 Å². The minimum atomic E-state index is -0.993. The van der Waals surface area contributed by atoms with Crippen molar-refractivity contribution in [1.82, 2.24) is 0 Å². The Balaban J connectivity index is 2.49. The van der Waals surface area contributed by atoms with Gasteiger partial charge in [0.05, 0.1) is 10.4 Å². The fourth-order valence-electron chi connectivity index (χ4n) is 2.71. The number of rotatable bonds is 2. The number of hydrogen-bond acceptors (Lipinski definition) is 3. The number of aliphatic hydroxyl groups is 1. The van der Waals surface area contributed by atoms with E-state index in [1.54, 1.807) is 11.4 Å². The van der Waals surface area contributed by atoms with Crippen molar-refractivity contribution >= 4 is 17.3 Å². The molecule has 3 nitrogen and oxygen atoms in total. The highest BCUT2D eigenvalue weighted by Crippen LogP contribution is 2.52. The third-order valence-electron chi connectivity index (χ3n) is 3.98. The van der Waals surface area contributed by atoms with Crippen LogP contribution in [-0.4, -0.2) is 16.2 Å². The van der Waals surface area contributed by atoms with Crippen molar-refractivity contribution in [3.05, 3.63) is 21.9 Å². The number of carboxylic acid groups (broad SMARTS) is 1. The first-order valence-corrected chi connectivity index (χ1v) is 6.80. The minimum absolute atomic E-state index is 0.257. The van der Waals surface area contributed by atoms with Crippen LogP contribution >= 0.6 is 11.3 Å². The van der Waals surface area contributed by atoms with Crippen molar-refractivity contribution < 1.29 is 15.0 Å². The standard InChI is InChI=1S/C13H18O3S/c1-12(2)6-3-4-7-13(12,16)10-9(11(14)15)5-8-17-10/h5,8,16H,3-4,6-7H2,1-2H3,(H,14,15). The van der Waals surface area contributed by atoms with Crippen molar-refractivity contribution in [2.45, 2.75) is 45.1 Å². The van der Waals surface area contributed by atoms with Crippen LogP contribution in [0.3, 0.4) is 0 Å². The number of thiophene rings is 1. The molecule has 1 aromatic heterocycles. The van der Waals surface area contributed by atoms with Crippen molar-refractivity contribution in [3.8, 4) is 0 Å². The van der Waals surface area contributed by atoms with E-state index in [0.29, 0.717) is 11.3 Å². The Morgan fingerprint density at radius 2 is 2.00 bits per heavy atom. The molecule has 2 rings (SSSR count). The molecule has 0 bridgehead atoms. The zero-order chi connectivity index (χ0) is 12.7. The molecule has 0 aromatic carbocycles. The van der Waals surface area contributed by atoms with Crippen LogP contribution in [0.1, 0.15) is 54.8 Å². The number of carbonyl (C=O) groups is 1. The van der Waals surface area contributed by atoms with Gasteiger partial charge in [0.15, 0.2) is 0 Å². The van der Waals surface area contributed by atoms with Gasteiger partial charge in [-0.05, 0) is 29.7 Å². The van der Waals surface area contributed by atoms with Gasteiger partial charge in [0.2, 0.25) is 0 Å². The van der Waals surface area contributed by atoms with Gasteiger partial charge < -0.3 is 10.2 Å². The van der Waals surface area contributed by atoms with E-state index in [2.05, 4.69) is 0 Å². The predicted molar refractivity (Wildman–Crippen MR) is 67.4 cm³/mol. The molecule has 1 aliphatic carbocycles. The van der Waals surface area contributed by atoms with Crippen LogP contribution in [0.4, 0.5) is 0 Å². The zero-order valence-corrected chi connectivity index (χ0v) is 11.0. The monoisotopic (exact) mass is 254 g/mol. The summed E-state index contributed by atoms with van der Waals surface area (Å²) < 4.78 is 0. The normalized spacial score (nSPS) is 27.9. The molecule has 1 heterocycles. The maximum Gasteiger partial charge on any atom is 0.336 e. The Hall–Kier alpha value is -0.870. The summed E-state index contributed by atoms with van der Waals surface area (Å²) in [6.45, 7) is 4.05. The lowest BCUT2D eigenvalue weighted by molar-refractivity contribution is -0.101. The Morgan fingerprint density at radius 3 is 2.59 bits per heavy atom. The number of aromatic carboxylic acids is 1. The molecule has 1 unspecified atom stereocenters. The van der Waals surface area contributed by atoms with Crippen LogP contribution in [0, 0.1) is 5.41 Å². The van der Waals surface area contributed by atoms with E-state index in [1.165, 1.54) is 11.3 Å². The Kier molecular flexibility index (Phi) is 3.04. The summed E-state index contributed by atoms with van der Waals surface area (Å²) in [7, 11) is 0. The highest BCUT2D eigenvalue weighted by molar-refractivity contribution is 7.10. The van der Waals surface area contributed by atoms with Gasteiger partial charge in [0, 0.05) is 0 Å². The average Bonchev–Trinajstić information content (AvgIpc) is 2.71. The third-order valence-corrected chi connectivity index (χ3v) is 5.05. The second kappa shape index (κ2) is 4.10. The summed E-state index contributed by atoms with van der Waals surface area (Å²) in [6, 6.07) is 1.59. The van der Waals surface area contributed by atoms with Gasteiger partial charge in [-0.25, -0.2) is 4.79 Å². The van der Waals surface area contributed by atoms with Gasteiger partial charge in [-0.2, -0.15) is 0 Å². The third kappa shape index (κ3) is 1.89. The van der Waals surface area contributed by atoms with Crippen LogP contribution in [0.5, 0.6) is 0 Å². The lowest BCUT2D eigenvalue weighted by Gasteiger charge is -2.46. The lowest BCUT2D eigenvalue weighted by atomic mass is 9.64. The molecule has 0 amide bonds. The summed E-state index contributed by atoms with van der Waals surface area (Å²) in [6.07, 6.45) is 3.64. The van der Waals surface area contributed by atoms with E-state index < -0.39 is 11.6 Å². The molecule has 1 fully saturated rings. The SMILES string of the molecule is CC1(C)CCCCC1(O)c1sccc1C(=O)O. The average molecular weight is 254 g/mol. The number of carboxylic acids is 1. The molecular formula is C13H18O3S. The van der Waals surface area contributed by atoms with Crippen LogP contribution in [-0.2, 0) is 5.60 Å². The van der Waals surface area contributed by atoms with Crippen molar-refractivity contribution in [2.24, 2.45) is 5.41 Å². The van der Waals surface area contributed by atoms with Crippen LogP contribution < -0.4 is 0 Å². The van der Waals surface area contributed by atoms with Gasteiger partial charge in [-0.3, -0.25) is 0 Å². The first kappa shape index (κ1) is 12.6. The van der Waals surface area contributed by atoms with Crippen LogP contribution in [0.15, 0.2) is 11.4 Å². The van der Waals surface area contributed by atoms with Gasteiger partial charge in [-0.15, -0.1) is 11.3 Å². The van der Waals surface area contributed by atoms with Gasteiger partial charge in [0.25, 0.3) is 0 Å². The maximum absolute atomic E-state index is 11.2. The van der Waals surface area contributed by atoms with Gasteiger partial charge in [-0.1, -0.05) is 26.7 Å². The quantitative estimate of drug-likeness (QED) is 0.852. The van der Waals surface area contributed by atoms with Crippen LogP contribution in [0.2, 0.25) is 0 Å². The van der Waals surface area contributed by atoms with Crippen molar-refractivity contribution in [3.63, 3.8) is 0 Å².